The Balaban J connectivity index is 2.08. The molecule has 0 saturated carbocycles. The van der Waals surface area contributed by atoms with Gasteiger partial charge in [-0.2, -0.15) is 0 Å². The third-order valence-corrected chi connectivity index (χ3v) is 2.93. The highest BCUT2D eigenvalue weighted by Crippen LogP contribution is 2.17. The minimum atomic E-state index is -0.962. The van der Waals surface area contributed by atoms with E-state index in [1.54, 1.807) is 24.3 Å². The molecular formula is C13H14N2O4. The normalized spacial score (nSPS) is 17.9. The third-order valence-electron chi connectivity index (χ3n) is 2.93. The van der Waals surface area contributed by atoms with E-state index < -0.39 is 12.0 Å². The van der Waals surface area contributed by atoms with Gasteiger partial charge in [-0.25, -0.2) is 0 Å². The number of benzene rings is 1. The first kappa shape index (κ1) is 13.1. The summed E-state index contributed by atoms with van der Waals surface area (Å²) >= 11 is 0. The average Bonchev–Trinajstić information content (AvgIpc) is 2.78. The summed E-state index contributed by atoms with van der Waals surface area (Å²) in [5, 5.41) is 14.0. The lowest BCUT2D eigenvalue weighted by Gasteiger charge is -2.13. The van der Waals surface area contributed by atoms with Crippen molar-refractivity contribution in [2.24, 2.45) is 0 Å². The molecule has 6 nitrogen and oxygen atoms in total. The van der Waals surface area contributed by atoms with Gasteiger partial charge in [0.25, 0.3) is 0 Å². The zero-order valence-electron chi connectivity index (χ0n) is 10.2. The first-order chi connectivity index (χ1) is 9.06. The minimum absolute atomic E-state index is 0.140. The molecule has 0 spiro atoms. The van der Waals surface area contributed by atoms with Crippen molar-refractivity contribution < 1.29 is 19.5 Å². The van der Waals surface area contributed by atoms with Gasteiger partial charge in [0.1, 0.15) is 6.04 Å². The molecule has 3 N–H and O–H groups in total. The number of amides is 2. The number of aliphatic carboxylic acids is 1. The molecule has 1 unspecified atom stereocenters. The van der Waals surface area contributed by atoms with Crippen molar-refractivity contribution in [2.75, 3.05) is 5.32 Å². The lowest BCUT2D eigenvalue weighted by molar-refractivity contribution is -0.136. The molecule has 0 aliphatic carbocycles. The Bertz CT molecular complexity index is 527. The smallest absolute Gasteiger partial charge is 0.307 e. The van der Waals surface area contributed by atoms with Gasteiger partial charge in [0, 0.05) is 12.1 Å². The van der Waals surface area contributed by atoms with E-state index in [0.717, 1.165) is 0 Å². The fraction of sp³-hybridized carbons (Fsp3) is 0.308. The number of hydrogen-bond acceptors (Lipinski definition) is 3. The highest BCUT2D eigenvalue weighted by Gasteiger charge is 2.27. The zero-order valence-corrected chi connectivity index (χ0v) is 10.2. The van der Waals surface area contributed by atoms with Crippen LogP contribution in [-0.2, 0) is 20.8 Å². The highest BCUT2D eigenvalue weighted by atomic mass is 16.4. The molecule has 1 aromatic rings. The standard InChI is InChI=1S/C13H14N2O4/c16-11-6-5-10(14-11)13(19)15-9-4-2-1-3-8(9)7-12(17)18/h1-4,10H,5-7H2,(H,14,16)(H,15,19)(H,17,18). The van der Waals surface area contributed by atoms with Crippen LogP contribution in [0.1, 0.15) is 18.4 Å². The van der Waals surface area contributed by atoms with Gasteiger partial charge >= 0.3 is 5.97 Å². The van der Waals surface area contributed by atoms with E-state index in [9.17, 15) is 14.4 Å². The van der Waals surface area contributed by atoms with Gasteiger partial charge in [-0.15, -0.1) is 0 Å². The van der Waals surface area contributed by atoms with Crippen LogP contribution in [0.15, 0.2) is 24.3 Å². The Morgan fingerprint density at radius 3 is 2.74 bits per heavy atom. The quantitative estimate of drug-likeness (QED) is 0.737. The molecular weight excluding hydrogens is 248 g/mol. The summed E-state index contributed by atoms with van der Waals surface area (Å²) in [5.41, 5.74) is 1.00. The minimum Gasteiger partial charge on any atom is -0.481 e. The monoisotopic (exact) mass is 262 g/mol. The molecule has 1 heterocycles. The largest absolute Gasteiger partial charge is 0.481 e. The molecule has 0 aromatic heterocycles. The molecule has 2 rings (SSSR count). The second-order valence-corrected chi connectivity index (χ2v) is 4.38. The van der Waals surface area contributed by atoms with Gasteiger partial charge in [-0.05, 0) is 18.1 Å². The highest BCUT2D eigenvalue weighted by molar-refractivity contribution is 5.99. The van der Waals surface area contributed by atoms with E-state index >= 15 is 0 Å². The molecule has 1 aliphatic heterocycles. The predicted octanol–water partition coefficient (Wildman–Crippen LogP) is 0.531. The summed E-state index contributed by atoms with van der Waals surface area (Å²) in [4.78, 5) is 33.7. The van der Waals surface area contributed by atoms with E-state index in [1.165, 1.54) is 0 Å². The maximum Gasteiger partial charge on any atom is 0.307 e. The van der Waals surface area contributed by atoms with Crippen molar-refractivity contribution in [2.45, 2.75) is 25.3 Å². The molecule has 1 atom stereocenters. The molecule has 1 aromatic carbocycles. The first-order valence-corrected chi connectivity index (χ1v) is 5.96. The Kier molecular flexibility index (Phi) is 3.79. The predicted molar refractivity (Wildman–Crippen MR) is 67.6 cm³/mol. The van der Waals surface area contributed by atoms with Crippen LogP contribution in [0.3, 0.4) is 0 Å². The molecule has 0 radical (unpaired) electrons. The fourth-order valence-electron chi connectivity index (χ4n) is 1.99. The second-order valence-electron chi connectivity index (χ2n) is 4.38. The topological polar surface area (TPSA) is 95.5 Å². The lowest BCUT2D eigenvalue weighted by Crippen LogP contribution is -2.37. The van der Waals surface area contributed by atoms with Gasteiger partial charge in [0.05, 0.1) is 6.42 Å². The maximum absolute atomic E-state index is 11.9. The number of anilines is 1. The van der Waals surface area contributed by atoms with Crippen LogP contribution in [0.4, 0.5) is 5.69 Å². The van der Waals surface area contributed by atoms with Crippen molar-refractivity contribution in [3.8, 4) is 0 Å². The van der Waals surface area contributed by atoms with Gasteiger partial charge < -0.3 is 15.7 Å². The van der Waals surface area contributed by atoms with E-state index in [-0.39, 0.29) is 18.2 Å². The number of nitrogens with one attached hydrogen (secondary N) is 2. The molecule has 2 amide bonds. The summed E-state index contributed by atoms with van der Waals surface area (Å²) in [6.07, 6.45) is 0.647. The van der Waals surface area contributed by atoms with Crippen molar-refractivity contribution in [1.29, 1.82) is 0 Å². The SMILES string of the molecule is O=C(O)Cc1ccccc1NC(=O)C1CCC(=O)N1. The van der Waals surface area contributed by atoms with Gasteiger partial charge in [0.2, 0.25) is 11.8 Å². The fourth-order valence-corrected chi connectivity index (χ4v) is 1.99. The number of carboxylic acids is 1. The molecule has 1 fully saturated rings. The summed E-state index contributed by atoms with van der Waals surface area (Å²) in [6.45, 7) is 0. The van der Waals surface area contributed by atoms with E-state index in [2.05, 4.69) is 10.6 Å². The molecule has 100 valence electrons. The Hall–Kier alpha value is -2.37. The van der Waals surface area contributed by atoms with Crippen molar-refractivity contribution in [3.05, 3.63) is 29.8 Å². The van der Waals surface area contributed by atoms with Crippen LogP contribution in [0.2, 0.25) is 0 Å². The zero-order chi connectivity index (χ0) is 13.8. The van der Waals surface area contributed by atoms with Gasteiger partial charge in [0.15, 0.2) is 0 Å². The summed E-state index contributed by atoms with van der Waals surface area (Å²) in [5.74, 6) is -1.42. The number of carbonyl (C=O) groups is 3. The molecule has 1 aliphatic rings. The van der Waals surface area contributed by atoms with E-state index in [1.807, 2.05) is 0 Å². The van der Waals surface area contributed by atoms with Crippen LogP contribution in [0, 0.1) is 0 Å². The number of para-hydroxylation sites is 1. The van der Waals surface area contributed by atoms with Gasteiger partial charge in [-0.1, -0.05) is 18.2 Å². The Labute approximate surface area is 109 Å². The third kappa shape index (κ3) is 3.31. The van der Waals surface area contributed by atoms with Crippen LogP contribution in [0.5, 0.6) is 0 Å². The number of carboxylic acid groups (broad SMARTS) is 1. The van der Waals surface area contributed by atoms with Crippen molar-refractivity contribution >= 4 is 23.5 Å². The number of carbonyl (C=O) groups excluding carboxylic acids is 2. The average molecular weight is 262 g/mol. The Morgan fingerprint density at radius 2 is 2.11 bits per heavy atom. The molecule has 0 bridgehead atoms. The van der Waals surface area contributed by atoms with Crippen LogP contribution in [-0.4, -0.2) is 28.9 Å². The van der Waals surface area contributed by atoms with Crippen LogP contribution < -0.4 is 10.6 Å². The molecule has 19 heavy (non-hydrogen) atoms. The van der Waals surface area contributed by atoms with Gasteiger partial charge in [-0.3, -0.25) is 14.4 Å². The van der Waals surface area contributed by atoms with E-state index in [4.69, 9.17) is 5.11 Å². The number of rotatable bonds is 4. The summed E-state index contributed by atoms with van der Waals surface area (Å²) < 4.78 is 0. The molecule has 1 saturated heterocycles. The molecule has 6 heteroatoms. The Morgan fingerprint density at radius 1 is 1.37 bits per heavy atom. The maximum atomic E-state index is 11.9. The lowest BCUT2D eigenvalue weighted by atomic mass is 10.1. The number of hydrogen-bond donors (Lipinski definition) is 3. The van der Waals surface area contributed by atoms with Crippen LogP contribution >= 0.6 is 0 Å². The van der Waals surface area contributed by atoms with Crippen molar-refractivity contribution in [1.82, 2.24) is 5.32 Å². The summed E-state index contributed by atoms with van der Waals surface area (Å²) in [6, 6.07) is 6.19. The second kappa shape index (κ2) is 5.51. The van der Waals surface area contributed by atoms with E-state index in [0.29, 0.717) is 24.1 Å². The van der Waals surface area contributed by atoms with Crippen LogP contribution in [0.25, 0.3) is 0 Å². The summed E-state index contributed by atoms with van der Waals surface area (Å²) in [7, 11) is 0. The first-order valence-electron chi connectivity index (χ1n) is 5.96. The van der Waals surface area contributed by atoms with Crippen molar-refractivity contribution in [3.63, 3.8) is 0 Å².